The van der Waals surface area contributed by atoms with Crippen molar-refractivity contribution >= 4 is 0 Å². The van der Waals surface area contributed by atoms with E-state index in [9.17, 15) is 0 Å². The van der Waals surface area contributed by atoms with E-state index in [2.05, 4.69) is 25.6 Å². The number of allylic oxidation sites excluding steroid dienone is 1. The molecule has 1 unspecified atom stereocenters. The maximum absolute atomic E-state index is 5.31. The molecule has 1 heteroatoms. The zero-order valence-electron chi connectivity index (χ0n) is 9.20. The van der Waals surface area contributed by atoms with Crippen LogP contribution in [0.2, 0.25) is 0 Å². The van der Waals surface area contributed by atoms with Crippen molar-refractivity contribution in [3.8, 4) is 5.75 Å². The van der Waals surface area contributed by atoms with Gasteiger partial charge < -0.3 is 4.74 Å². The monoisotopic (exact) mass is 201 g/mol. The van der Waals surface area contributed by atoms with Crippen molar-refractivity contribution in [3.63, 3.8) is 0 Å². The highest BCUT2D eigenvalue weighted by molar-refractivity contribution is 5.40. The molecule has 15 heavy (non-hydrogen) atoms. The van der Waals surface area contributed by atoms with Crippen molar-refractivity contribution in [2.24, 2.45) is 0 Å². The summed E-state index contributed by atoms with van der Waals surface area (Å²) in [5.74, 6) is 1.83. The minimum absolute atomic E-state index is 0.151. The van der Waals surface area contributed by atoms with Crippen LogP contribution in [0.4, 0.5) is 0 Å². The Bertz CT molecular complexity index is 364. The molecule has 1 saturated carbocycles. The van der Waals surface area contributed by atoms with Crippen LogP contribution in [0.25, 0.3) is 0 Å². The van der Waals surface area contributed by atoms with Crippen LogP contribution < -0.4 is 4.74 Å². The van der Waals surface area contributed by atoms with Gasteiger partial charge in [0.15, 0.2) is 0 Å². The van der Waals surface area contributed by atoms with E-state index in [1.165, 1.54) is 24.0 Å². The fourth-order valence-electron chi connectivity index (χ4n) is 1.77. The molecule has 0 spiro atoms. The molecule has 1 aliphatic carbocycles. The molecule has 79 valence electrons. The highest BCUT2D eigenvalue weighted by Gasteiger charge is 2.24. The quantitative estimate of drug-likeness (QED) is 0.675. The Labute approximate surface area is 91.8 Å². The lowest BCUT2D eigenvalue weighted by atomic mass is 9.97. The van der Waals surface area contributed by atoms with Gasteiger partial charge in [0.05, 0.1) is 7.11 Å². The number of hydrogen-bond acceptors (Lipinski definition) is 1. The molecule has 1 radical (unpaired) electrons. The van der Waals surface area contributed by atoms with E-state index in [1.54, 1.807) is 7.11 Å². The predicted molar refractivity (Wildman–Crippen MR) is 63.3 cm³/mol. The Kier molecular flexibility index (Phi) is 2.81. The van der Waals surface area contributed by atoms with Crippen LogP contribution in [-0.2, 0) is 0 Å². The van der Waals surface area contributed by atoms with E-state index in [4.69, 9.17) is 4.74 Å². The first kappa shape index (κ1) is 10.3. The van der Waals surface area contributed by atoms with E-state index >= 15 is 0 Å². The van der Waals surface area contributed by atoms with Gasteiger partial charge in [0.25, 0.3) is 0 Å². The smallest absolute Gasteiger partial charge is 0.119 e. The molecule has 0 heterocycles. The Balaban J connectivity index is 2.36. The first-order chi connectivity index (χ1) is 7.24. The molecule has 0 N–H and O–H groups in total. The van der Waals surface area contributed by atoms with Crippen molar-refractivity contribution in [1.82, 2.24) is 0 Å². The summed E-state index contributed by atoms with van der Waals surface area (Å²) < 4.78 is 5.31. The predicted octanol–water partition coefficient (Wildman–Crippen LogP) is 3.68. The first-order valence-corrected chi connectivity index (χ1v) is 5.39. The molecule has 0 saturated heterocycles. The molecule has 1 aromatic carbocycles. The molecule has 0 amide bonds. The summed E-state index contributed by atoms with van der Waals surface area (Å²) in [6.07, 6.45) is 4.48. The van der Waals surface area contributed by atoms with Gasteiger partial charge >= 0.3 is 0 Å². The number of benzene rings is 1. The van der Waals surface area contributed by atoms with Gasteiger partial charge in [-0.1, -0.05) is 12.1 Å². The van der Waals surface area contributed by atoms with E-state index < -0.39 is 0 Å². The lowest BCUT2D eigenvalue weighted by Gasteiger charge is -2.11. The normalized spacial score (nSPS) is 17.2. The van der Waals surface area contributed by atoms with Gasteiger partial charge in [-0.05, 0) is 48.9 Å². The second kappa shape index (κ2) is 4.09. The number of ether oxygens (including phenoxy) is 1. The van der Waals surface area contributed by atoms with Crippen LogP contribution in [-0.4, -0.2) is 7.11 Å². The number of hydrogen-bond donors (Lipinski definition) is 0. The van der Waals surface area contributed by atoms with Gasteiger partial charge in [-0.25, -0.2) is 0 Å². The standard InChI is InChI=1S/C14H17O/c1-4-10(2)12-7-13(11-5-6-11)9-14(8-12)15-3/h4,7-11H,1-2,5-6H2,3H3. The summed E-state index contributed by atoms with van der Waals surface area (Å²) in [4.78, 5) is 0. The Hall–Kier alpha value is -1.24. The van der Waals surface area contributed by atoms with Crippen LogP contribution in [0.5, 0.6) is 5.75 Å². The lowest BCUT2D eigenvalue weighted by molar-refractivity contribution is 0.413. The van der Waals surface area contributed by atoms with Gasteiger partial charge in [0.1, 0.15) is 5.75 Å². The summed E-state index contributed by atoms with van der Waals surface area (Å²) in [5.41, 5.74) is 2.59. The maximum atomic E-state index is 5.31. The number of methoxy groups -OCH3 is 1. The van der Waals surface area contributed by atoms with Crippen LogP contribution >= 0.6 is 0 Å². The highest BCUT2D eigenvalue weighted by Crippen LogP contribution is 2.42. The molecule has 1 fully saturated rings. The summed E-state index contributed by atoms with van der Waals surface area (Å²) in [6.45, 7) is 7.83. The van der Waals surface area contributed by atoms with E-state index in [0.717, 1.165) is 11.7 Å². The summed E-state index contributed by atoms with van der Waals surface area (Å²) in [6, 6.07) is 6.42. The van der Waals surface area contributed by atoms with E-state index in [0.29, 0.717) is 0 Å². The molecule has 0 aliphatic heterocycles. The summed E-state index contributed by atoms with van der Waals surface area (Å²) in [5, 5.41) is 0. The summed E-state index contributed by atoms with van der Waals surface area (Å²) in [7, 11) is 1.71. The second-order valence-corrected chi connectivity index (χ2v) is 4.16. The van der Waals surface area contributed by atoms with Gasteiger partial charge in [0, 0.05) is 5.92 Å². The van der Waals surface area contributed by atoms with Crippen molar-refractivity contribution in [2.45, 2.75) is 24.7 Å². The van der Waals surface area contributed by atoms with Crippen molar-refractivity contribution in [2.75, 3.05) is 7.11 Å². The average Bonchev–Trinajstić information content (AvgIpc) is 3.11. The third-order valence-corrected chi connectivity index (χ3v) is 2.95. The van der Waals surface area contributed by atoms with Crippen LogP contribution in [0, 0.1) is 6.92 Å². The molecule has 1 atom stereocenters. The van der Waals surface area contributed by atoms with Gasteiger partial charge in [-0.3, -0.25) is 0 Å². The molecule has 0 bridgehead atoms. The Morgan fingerprint density at radius 2 is 2.13 bits per heavy atom. The van der Waals surface area contributed by atoms with Gasteiger partial charge in [-0.15, -0.1) is 6.58 Å². The van der Waals surface area contributed by atoms with Crippen LogP contribution in [0.3, 0.4) is 0 Å². The zero-order valence-corrected chi connectivity index (χ0v) is 9.20. The van der Waals surface area contributed by atoms with E-state index in [-0.39, 0.29) is 5.92 Å². The zero-order chi connectivity index (χ0) is 10.8. The van der Waals surface area contributed by atoms with Gasteiger partial charge in [0.2, 0.25) is 0 Å². The van der Waals surface area contributed by atoms with Crippen molar-refractivity contribution < 1.29 is 4.74 Å². The molecule has 1 aromatic rings. The van der Waals surface area contributed by atoms with Crippen LogP contribution in [0.15, 0.2) is 30.9 Å². The molecular formula is C14H17O. The number of rotatable bonds is 4. The highest BCUT2D eigenvalue weighted by atomic mass is 16.5. The van der Waals surface area contributed by atoms with Crippen molar-refractivity contribution in [3.05, 3.63) is 48.9 Å². The Morgan fingerprint density at radius 3 is 2.67 bits per heavy atom. The average molecular weight is 201 g/mol. The fourth-order valence-corrected chi connectivity index (χ4v) is 1.77. The largest absolute Gasteiger partial charge is 0.497 e. The molecule has 1 nitrogen and oxygen atoms in total. The third kappa shape index (κ3) is 2.23. The molecule has 2 rings (SSSR count). The SMILES string of the molecule is [CH2]C(C=C)c1cc(OC)cc(C2CC2)c1. The van der Waals surface area contributed by atoms with Crippen LogP contribution in [0.1, 0.15) is 35.8 Å². The minimum Gasteiger partial charge on any atom is -0.497 e. The van der Waals surface area contributed by atoms with Gasteiger partial charge in [-0.2, -0.15) is 0 Å². The minimum atomic E-state index is 0.151. The molecule has 0 aromatic heterocycles. The molecular weight excluding hydrogens is 184 g/mol. The summed E-state index contributed by atoms with van der Waals surface area (Å²) >= 11 is 0. The van der Waals surface area contributed by atoms with E-state index in [1.807, 2.05) is 12.1 Å². The Morgan fingerprint density at radius 1 is 1.40 bits per heavy atom. The third-order valence-electron chi connectivity index (χ3n) is 2.95. The molecule has 1 aliphatic rings. The fraction of sp³-hybridized carbons (Fsp3) is 0.357. The second-order valence-electron chi connectivity index (χ2n) is 4.16. The van der Waals surface area contributed by atoms with Crippen molar-refractivity contribution in [1.29, 1.82) is 0 Å². The maximum Gasteiger partial charge on any atom is 0.119 e. The topological polar surface area (TPSA) is 9.23 Å². The lowest BCUT2D eigenvalue weighted by Crippen LogP contribution is -1.94. The first-order valence-electron chi connectivity index (χ1n) is 5.39.